The maximum absolute atomic E-state index is 11.6. The third-order valence-electron chi connectivity index (χ3n) is 2.61. The smallest absolute Gasteiger partial charge is 0.229 e. The maximum Gasteiger partial charge on any atom is 0.229 e. The van der Waals surface area contributed by atoms with Gasteiger partial charge in [-0.1, -0.05) is 12.1 Å². The Balaban J connectivity index is 2.13. The second-order valence-electron chi connectivity index (χ2n) is 3.86. The van der Waals surface area contributed by atoms with Crippen molar-refractivity contribution in [3.05, 3.63) is 33.4 Å². The van der Waals surface area contributed by atoms with Crippen LogP contribution in [0.15, 0.2) is 24.3 Å². The zero-order chi connectivity index (χ0) is 11.5. The fraction of sp³-hybridized carbons (Fsp3) is 0.333. The first-order valence-corrected chi connectivity index (χ1v) is 6.32. The van der Waals surface area contributed by atoms with Crippen LogP contribution in [0.3, 0.4) is 0 Å². The number of imide groups is 1. The molecule has 2 amide bonds. The number of piperidine rings is 1. The van der Waals surface area contributed by atoms with Gasteiger partial charge in [-0.05, 0) is 46.7 Å². The molecule has 3 nitrogen and oxygen atoms in total. The van der Waals surface area contributed by atoms with Gasteiger partial charge >= 0.3 is 0 Å². The first kappa shape index (κ1) is 11.6. The average molecular weight is 329 g/mol. The van der Waals surface area contributed by atoms with Gasteiger partial charge in [-0.3, -0.25) is 14.5 Å². The first-order chi connectivity index (χ1) is 7.66. The number of benzene rings is 1. The Kier molecular flexibility index (Phi) is 3.58. The number of halogens is 1. The second kappa shape index (κ2) is 4.95. The van der Waals surface area contributed by atoms with Crippen LogP contribution in [0, 0.1) is 3.57 Å². The molecule has 1 saturated heterocycles. The fourth-order valence-electron chi connectivity index (χ4n) is 1.79. The summed E-state index contributed by atoms with van der Waals surface area (Å²) in [6.07, 6.45) is 1.69. The molecule has 1 aromatic rings. The Morgan fingerprint density at radius 3 is 2.50 bits per heavy atom. The molecule has 16 heavy (non-hydrogen) atoms. The van der Waals surface area contributed by atoms with E-state index in [1.54, 1.807) is 0 Å². The highest BCUT2D eigenvalue weighted by atomic mass is 127. The lowest BCUT2D eigenvalue weighted by molar-refractivity contribution is -0.148. The molecule has 1 heterocycles. The van der Waals surface area contributed by atoms with Gasteiger partial charge in [-0.15, -0.1) is 0 Å². The normalized spacial score (nSPS) is 16.7. The molecule has 4 heteroatoms. The third-order valence-corrected chi connectivity index (χ3v) is 3.28. The van der Waals surface area contributed by atoms with Crippen LogP contribution in [-0.4, -0.2) is 16.7 Å². The van der Waals surface area contributed by atoms with Crippen molar-refractivity contribution in [2.75, 3.05) is 0 Å². The molecular formula is C12H12INO2. The minimum absolute atomic E-state index is 0.0462. The third kappa shape index (κ3) is 2.61. The minimum Gasteiger partial charge on any atom is -0.278 e. The zero-order valence-corrected chi connectivity index (χ0v) is 10.9. The summed E-state index contributed by atoms with van der Waals surface area (Å²) in [5.74, 6) is -0.0924. The number of amides is 2. The van der Waals surface area contributed by atoms with E-state index in [4.69, 9.17) is 0 Å². The SMILES string of the molecule is O=C1CCCC(=O)N1Cc1cccc(I)c1. The first-order valence-electron chi connectivity index (χ1n) is 5.24. The summed E-state index contributed by atoms with van der Waals surface area (Å²) in [5.41, 5.74) is 1.01. The molecule has 84 valence electrons. The van der Waals surface area contributed by atoms with Crippen LogP contribution < -0.4 is 0 Å². The Morgan fingerprint density at radius 1 is 1.19 bits per heavy atom. The van der Waals surface area contributed by atoms with E-state index in [0.29, 0.717) is 25.8 Å². The molecule has 0 unspecified atom stereocenters. The number of hydrogen-bond donors (Lipinski definition) is 0. The van der Waals surface area contributed by atoms with Gasteiger partial charge in [-0.25, -0.2) is 0 Å². The molecule has 1 aromatic carbocycles. The Morgan fingerprint density at radius 2 is 1.88 bits per heavy atom. The van der Waals surface area contributed by atoms with Gasteiger partial charge in [0.1, 0.15) is 0 Å². The number of nitrogens with zero attached hydrogens (tertiary/aromatic N) is 1. The predicted molar refractivity (Wildman–Crippen MR) is 68.6 cm³/mol. The van der Waals surface area contributed by atoms with Crippen LogP contribution in [0.1, 0.15) is 24.8 Å². The van der Waals surface area contributed by atoms with Crippen molar-refractivity contribution in [3.63, 3.8) is 0 Å². The van der Waals surface area contributed by atoms with Gasteiger partial charge < -0.3 is 0 Å². The van der Waals surface area contributed by atoms with Gasteiger partial charge in [0.25, 0.3) is 0 Å². The lowest BCUT2D eigenvalue weighted by atomic mass is 10.1. The van der Waals surface area contributed by atoms with E-state index in [-0.39, 0.29) is 11.8 Å². The van der Waals surface area contributed by atoms with E-state index in [9.17, 15) is 9.59 Å². The molecule has 0 N–H and O–H groups in total. The highest BCUT2D eigenvalue weighted by molar-refractivity contribution is 14.1. The zero-order valence-electron chi connectivity index (χ0n) is 8.78. The summed E-state index contributed by atoms with van der Waals surface area (Å²) in [5, 5.41) is 0. The summed E-state index contributed by atoms with van der Waals surface area (Å²) in [4.78, 5) is 24.6. The van der Waals surface area contributed by atoms with Gasteiger partial charge in [0, 0.05) is 16.4 Å². The lowest BCUT2D eigenvalue weighted by Gasteiger charge is -2.24. The van der Waals surface area contributed by atoms with Crippen LogP contribution in [0.4, 0.5) is 0 Å². The van der Waals surface area contributed by atoms with Crippen molar-refractivity contribution < 1.29 is 9.59 Å². The summed E-state index contributed by atoms with van der Waals surface area (Å²) in [7, 11) is 0. The quantitative estimate of drug-likeness (QED) is 0.617. The van der Waals surface area contributed by atoms with E-state index in [2.05, 4.69) is 22.6 Å². The molecule has 0 saturated carbocycles. The van der Waals surface area contributed by atoms with E-state index in [1.165, 1.54) is 4.90 Å². The van der Waals surface area contributed by atoms with E-state index < -0.39 is 0 Å². The van der Waals surface area contributed by atoms with E-state index in [0.717, 1.165) is 9.13 Å². The van der Waals surface area contributed by atoms with Crippen molar-refractivity contribution in [1.29, 1.82) is 0 Å². The highest BCUT2D eigenvalue weighted by Crippen LogP contribution is 2.16. The molecule has 0 aliphatic carbocycles. The van der Waals surface area contributed by atoms with Crippen LogP contribution in [0.2, 0.25) is 0 Å². The maximum atomic E-state index is 11.6. The van der Waals surface area contributed by atoms with Crippen LogP contribution in [0.5, 0.6) is 0 Å². The van der Waals surface area contributed by atoms with Gasteiger partial charge in [-0.2, -0.15) is 0 Å². The summed E-state index contributed by atoms with van der Waals surface area (Å²) < 4.78 is 1.12. The number of hydrogen-bond acceptors (Lipinski definition) is 2. The molecular weight excluding hydrogens is 317 g/mol. The molecule has 0 atom stereocenters. The van der Waals surface area contributed by atoms with Crippen molar-refractivity contribution in [3.8, 4) is 0 Å². The van der Waals surface area contributed by atoms with Crippen molar-refractivity contribution in [2.45, 2.75) is 25.8 Å². The van der Waals surface area contributed by atoms with Crippen molar-refractivity contribution in [2.24, 2.45) is 0 Å². The van der Waals surface area contributed by atoms with Crippen LogP contribution in [0.25, 0.3) is 0 Å². The summed E-state index contributed by atoms with van der Waals surface area (Å²) >= 11 is 2.22. The summed E-state index contributed by atoms with van der Waals surface area (Å²) in [6, 6.07) is 7.87. The Bertz CT molecular complexity index is 415. The molecule has 0 radical (unpaired) electrons. The second-order valence-corrected chi connectivity index (χ2v) is 5.10. The largest absolute Gasteiger partial charge is 0.278 e. The Labute approximate surface area is 108 Å². The molecule has 2 rings (SSSR count). The van der Waals surface area contributed by atoms with Crippen molar-refractivity contribution >= 4 is 34.4 Å². The lowest BCUT2D eigenvalue weighted by Crippen LogP contribution is -2.39. The van der Waals surface area contributed by atoms with Crippen LogP contribution in [-0.2, 0) is 16.1 Å². The predicted octanol–water partition coefficient (Wildman–Crippen LogP) is 2.33. The van der Waals surface area contributed by atoms with Gasteiger partial charge in [0.2, 0.25) is 11.8 Å². The van der Waals surface area contributed by atoms with Gasteiger partial charge in [0.05, 0.1) is 6.54 Å². The average Bonchev–Trinajstić information content (AvgIpc) is 2.24. The standard InChI is InChI=1S/C12H12INO2/c13-10-4-1-3-9(7-10)8-14-11(15)5-2-6-12(14)16/h1,3-4,7H,2,5-6,8H2. The van der Waals surface area contributed by atoms with Crippen LogP contribution >= 0.6 is 22.6 Å². The minimum atomic E-state index is -0.0462. The number of rotatable bonds is 2. The number of likely N-dealkylation sites (tertiary alicyclic amines) is 1. The Hall–Kier alpha value is -0.910. The monoisotopic (exact) mass is 329 g/mol. The topological polar surface area (TPSA) is 37.4 Å². The molecule has 0 aromatic heterocycles. The fourth-order valence-corrected chi connectivity index (χ4v) is 2.40. The highest BCUT2D eigenvalue weighted by Gasteiger charge is 2.25. The number of carbonyl (C=O) groups is 2. The molecule has 1 fully saturated rings. The van der Waals surface area contributed by atoms with E-state index >= 15 is 0 Å². The van der Waals surface area contributed by atoms with E-state index in [1.807, 2.05) is 24.3 Å². The molecule has 0 spiro atoms. The molecule has 1 aliphatic rings. The molecule has 1 aliphatic heterocycles. The van der Waals surface area contributed by atoms with Gasteiger partial charge in [0.15, 0.2) is 0 Å². The molecule has 0 bridgehead atoms. The summed E-state index contributed by atoms with van der Waals surface area (Å²) in [6.45, 7) is 0.411. The number of carbonyl (C=O) groups excluding carboxylic acids is 2. The van der Waals surface area contributed by atoms with Crippen molar-refractivity contribution in [1.82, 2.24) is 4.90 Å².